The summed E-state index contributed by atoms with van der Waals surface area (Å²) >= 11 is 2.84. The summed E-state index contributed by atoms with van der Waals surface area (Å²) in [6, 6.07) is 0. The number of ether oxygens (including phenoxy) is 1. The number of thioether (sulfide) groups is 1. The lowest BCUT2D eigenvalue weighted by molar-refractivity contribution is -0.137. The molecular formula is C16H20N2O3S2. The van der Waals surface area contributed by atoms with Crippen molar-refractivity contribution < 1.29 is 9.53 Å². The summed E-state index contributed by atoms with van der Waals surface area (Å²) in [6.45, 7) is 6.84. The Morgan fingerprint density at radius 3 is 2.91 bits per heavy atom. The number of cyclic esters (lactones) is 1. The molecule has 3 rings (SSSR count). The van der Waals surface area contributed by atoms with Crippen molar-refractivity contribution in [3.63, 3.8) is 0 Å². The molecule has 7 heteroatoms. The molecule has 0 radical (unpaired) electrons. The van der Waals surface area contributed by atoms with E-state index in [0.717, 1.165) is 28.1 Å². The van der Waals surface area contributed by atoms with Gasteiger partial charge in [0.25, 0.3) is 5.56 Å². The normalized spacial score (nSPS) is 19.3. The summed E-state index contributed by atoms with van der Waals surface area (Å²) in [4.78, 5) is 33.4. The molecule has 23 heavy (non-hydrogen) atoms. The number of aromatic amines is 1. The zero-order chi connectivity index (χ0) is 16.6. The minimum Gasteiger partial charge on any atom is -0.465 e. The van der Waals surface area contributed by atoms with Gasteiger partial charge in [0.15, 0.2) is 5.16 Å². The van der Waals surface area contributed by atoms with Gasteiger partial charge in [0.05, 0.1) is 12.0 Å². The van der Waals surface area contributed by atoms with Gasteiger partial charge in [-0.15, -0.1) is 11.3 Å². The largest absolute Gasteiger partial charge is 0.465 e. The Morgan fingerprint density at radius 2 is 2.26 bits per heavy atom. The average molecular weight is 352 g/mol. The lowest BCUT2D eigenvalue weighted by Crippen LogP contribution is -2.14. The molecule has 3 heterocycles. The first-order valence-corrected chi connectivity index (χ1v) is 9.54. The summed E-state index contributed by atoms with van der Waals surface area (Å²) in [5.41, 5.74) is 1.01. The fourth-order valence-corrected chi connectivity index (χ4v) is 4.72. The predicted molar refractivity (Wildman–Crippen MR) is 93.4 cm³/mol. The van der Waals surface area contributed by atoms with E-state index in [9.17, 15) is 9.59 Å². The van der Waals surface area contributed by atoms with Gasteiger partial charge in [-0.05, 0) is 24.8 Å². The first kappa shape index (κ1) is 16.5. The van der Waals surface area contributed by atoms with Crippen LogP contribution in [0.2, 0.25) is 0 Å². The Hall–Kier alpha value is -1.34. The number of esters is 1. The Balaban J connectivity index is 1.96. The highest BCUT2D eigenvalue weighted by Gasteiger charge is 2.28. The van der Waals surface area contributed by atoms with Crippen LogP contribution in [0.4, 0.5) is 0 Å². The van der Waals surface area contributed by atoms with E-state index in [-0.39, 0.29) is 16.8 Å². The maximum atomic E-state index is 12.5. The molecule has 0 bridgehead atoms. The number of H-pyrrole nitrogens is 1. The van der Waals surface area contributed by atoms with E-state index in [1.807, 2.05) is 6.92 Å². The van der Waals surface area contributed by atoms with E-state index in [1.54, 1.807) is 11.3 Å². The van der Waals surface area contributed by atoms with Gasteiger partial charge in [-0.25, -0.2) is 4.98 Å². The van der Waals surface area contributed by atoms with Crippen LogP contribution in [0.3, 0.4) is 0 Å². The molecule has 0 aromatic carbocycles. The highest BCUT2D eigenvalue weighted by molar-refractivity contribution is 8.00. The van der Waals surface area contributed by atoms with Crippen LogP contribution in [-0.4, -0.2) is 27.8 Å². The van der Waals surface area contributed by atoms with Crippen molar-refractivity contribution in [3.8, 4) is 0 Å². The summed E-state index contributed by atoms with van der Waals surface area (Å²) < 4.78 is 4.96. The highest BCUT2D eigenvalue weighted by atomic mass is 32.2. The maximum absolute atomic E-state index is 12.5. The van der Waals surface area contributed by atoms with Gasteiger partial charge < -0.3 is 9.72 Å². The lowest BCUT2D eigenvalue weighted by atomic mass is 9.98. The molecule has 1 N–H and O–H groups in total. The second-order valence-corrected chi connectivity index (χ2v) is 8.36. The van der Waals surface area contributed by atoms with Gasteiger partial charge in [0.2, 0.25) is 0 Å². The van der Waals surface area contributed by atoms with Crippen molar-refractivity contribution in [1.82, 2.24) is 9.97 Å². The monoisotopic (exact) mass is 352 g/mol. The Bertz CT molecular complexity index is 796. The maximum Gasteiger partial charge on any atom is 0.319 e. The lowest BCUT2D eigenvalue weighted by Gasteiger charge is -2.08. The zero-order valence-corrected chi connectivity index (χ0v) is 15.1. The van der Waals surface area contributed by atoms with Crippen molar-refractivity contribution in [2.24, 2.45) is 5.92 Å². The average Bonchev–Trinajstić information content (AvgIpc) is 3.03. The number of carbonyl (C=O) groups is 1. The van der Waals surface area contributed by atoms with E-state index in [4.69, 9.17) is 4.74 Å². The van der Waals surface area contributed by atoms with Crippen LogP contribution in [-0.2, 0) is 16.0 Å². The second kappa shape index (κ2) is 6.65. The number of thiophene rings is 1. The van der Waals surface area contributed by atoms with E-state index < -0.39 is 0 Å². The third kappa shape index (κ3) is 3.30. The molecule has 1 fully saturated rings. The van der Waals surface area contributed by atoms with Crippen LogP contribution in [0.25, 0.3) is 10.2 Å². The van der Waals surface area contributed by atoms with Crippen molar-refractivity contribution in [1.29, 1.82) is 0 Å². The summed E-state index contributed by atoms with van der Waals surface area (Å²) in [5, 5.41) is 0.949. The van der Waals surface area contributed by atoms with E-state index in [2.05, 4.69) is 23.8 Å². The molecule has 0 saturated carbocycles. The van der Waals surface area contributed by atoms with Gasteiger partial charge in [-0.3, -0.25) is 9.59 Å². The number of hydrogen-bond donors (Lipinski definition) is 1. The van der Waals surface area contributed by atoms with Crippen LogP contribution in [0.5, 0.6) is 0 Å². The Kier molecular flexibility index (Phi) is 4.77. The SMILES string of the molecule is CC[C@H](C)Cc1c(C)sc2nc(S[C@@H]3CCOC3=O)[nH]c(=O)c12. The standard InChI is InChI=1S/C16H20N2O3S2/c1-4-8(2)7-10-9(3)22-14-12(10)13(19)17-16(18-14)23-11-5-6-21-15(11)20/h8,11H,4-7H2,1-3H3,(H,17,18,19)/t8-,11+/m0/s1. The van der Waals surface area contributed by atoms with Crippen molar-refractivity contribution in [3.05, 3.63) is 20.8 Å². The minimum atomic E-state index is -0.267. The Labute approximate surface area is 142 Å². The number of aryl methyl sites for hydroxylation is 1. The molecular weight excluding hydrogens is 332 g/mol. The number of hydrogen-bond acceptors (Lipinski definition) is 6. The molecule has 2 atom stereocenters. The minimum absolute atomic E-state index is 0.105. The fourth-order valence-electron chi connectivity index (χ4n) is 2.67. The fraction of sp³-hybridized carbons (Fsp3) is 0.562. The van der Waals surface area contributed by atoms with Crippen molar-refractivity contribution in [2.45, 2.75) is 50.4 Å². The summed E-state index contributed by atoms with van der Waals surface area (Å²) in [7, 11) is 0. The molecule has 0 unspecified atom stereocenters. The van der Waals surface area contributed by atoms with Gasteiger partial charge in [0, 0.05) is 11.3 Å². The van der Waals surface area contributed by atoms with Crippen molar-refractivity contribution in [2.75, 3.05) is 6.61 Å². The predicted octanol–water partition coefficient (Wildman–Crippen LogP) is 3.29. The van der Waals surface area contributed by atoms with Gasteiger partial charge in [-0.1, -0.05) is 32.0 Å². The molecule has 0 amide bonds. The molecule has 0 aliphatic carbocycles. The second-order valence-electron chi connectivity index (χ2n) is 5.97. The number of nitrogens with zero attached hydrogens (tertiary/aromatic N) is 1. The number of aromatic nitrogens is 2. The first-order valence-electron chi connectivity index (χ1n) is 7.85. The van der Waals surface area contributed by atoms with E-state index in [0.29, 0.717) is 29.5 Å². The van der Waals surface area contributed by atoms with Crippen LogP contribution >= 0.6 is 23.1 Å². The summed E-state index contributed by atoms with van der Waals surface area (Å²) in [6.07, 6.45) is 2.64. The summed E-state index contributed by atoms with van der Waals surface area (Å²) in [5.74, 6) is 0.311. The van der Waals surface area contributed by atoms with Crippen LogP contribution < -0.4 is 5.56 Å². The third-order valence-corrected chi connectivity index (χ3v) is 6.40. The smallest absolute Gasteiger partial charge is 0.319 e. The molecule has 0 spiro atoms. The Morgan fingerprint density at radius 1 is 1.48 bits per heavy atom. The van der Waals surface area contributed by atoms with Gasteiger partial charge in [0.1, 0.15) is 10.1 Å². The molecule has 5 nitrogen and oxygen atoms in total. The topological polar surface area (TPSA) is 72.0 Å². The third-order valence-electron chi connectivity index (χ3n) is 4.23. The van der Waals surface area contributed by atoms with Crippen LogP contribution in [0.15, 0.2) is 9.95 Å². The number of fused-ring (bicyclic) bond motifs is 1. The van der Waals surface area contributed by atoms with E-state index in [1.165, 1.54) is 11.8 Å². The van der Waals surface area contributed by atoms with E-state index >= 15 is 0 Å². The zero-order valence-electron chi connectivity index (χ0n) is 13.5. The molecule has 2 aromatic heterocycles. The quantitative estimate of drug-likeness (QED) is 0.660. The first-order chi connectivity index (χ1) is 11.0. The van der Waals surface area contributed by atoms with Crippen molar-refractivity contribution >= 4 is 39.3 Å². The van der Waals surface area contributed by atoms with Crippen LogP contribution in [0, 0.1) is 12.8 Å². The van der Waals surface area contributed by atoms with Crippen LogP contribution in [0.1, 0.15) is 37.1 Å². The molecule has 2 aromatic rings. The molecule has 1 aliphatic rings. The number of nitrogens with one attached hydrogen (secondary N) is 1. The molecule has 124 valence electrons. The highest BCUT2D eigenvalue weighted by Crippen LogP contribution is 2.32. The number of carbonyl (C=O) groups excluding carboxylic acids is 1. The van der Waals surface area contributed by atoms with Gasteiger partial charge in [-0.2, -0.15) is 0 Å². The number of rotatable bonds is 5. The van der Waals surface area contributed by atoms with Gasteiger partial charge >= 0.3 is 5.97 Å². The molecule has 1 saturated heterocycles. The molecule has 1 aliphatic heterocycles.